The number of benzene rings is 1. The van der Waals surface area contributed by atoms with E-state index in [-0.39, 0.29) is 11.9 Å². The molecule has 7 nitrogen and oxygen atoms in total. The summed E-state index contributed by atoms with van der Waals surface area (Å²) >= 11 is 1.45. The molecule has 1 N–H and O–H groups in total. The molecule has 0 fully saturated rings. The zero-order valence-electron chi connectivity index (χ0n) is 15.3. The first kappa shape index (κ1) is 18.8. The fourth-order valence-corrected chi connectivity index (χ4v) is 4.12. The van der Waals surface area contributed by atoms with E-state index in [1.165, 1.54) is 27.7 Å². The van der Waals surface area contributed by atoms with Gasteiger partial charge < -0.3 is 14.6 Å². The summed E-state index contributed by atoms with van der Waals surface area (Å²) in [6, 6.07) is 8.20. The Morgan fingerprint density at radius 2 is 1.96 bits per heavy atom. The molecule has 0 spiro atoms. The molecule has 26 heavy (non-hydrogen) atoms. The van der Waals surface area contributed by atoms with Crippen molar-refractivity contribution in [3.8, 4) is 5.88 Å². The van der Waals surface area contributed by atoms with Crippen LogP contribution in [0.15, 0.2) is 30.6 Å². The molecule has 0 amide bonds. The van der Waals surface area contributed by atoms with E-state index in [4.69, 9.17) is 9.47 Å². The van der Waals surface area contributed by atoms with Gasteiger partial charge in [0, 0.05) is 27.3 Å². The standard InChI is InChI=1S/C18H24N4O3S/c1-13-5-4-6-14(11-13)15(21(7-9-24-2)8-10-25-3)16-17(23)22-18(26-16)19-12-20-22/h4-6,11-12,15,23H,7-10H2,1-3H3. The molecule has 0 radical (unpaired) electrons. The zero-order chi connectivity index (χ0) is 18.5. The van der Waals surface area contributed by atoms with Crippen molar-refractivity contribution in [3.63, 3.8) is 0 Å². The number of hydrogen-bond donors (Lipinski definition) is 1. The van der Waals surface area contributed by atoms with Crippen molar-refractivity contribution in [2.24, 2.45) is 0 Å². The number of hydrogen-bond acceptors (Lipinski definition) is 7. The molecule has 3 aromatic rings. The van der Waals surface area contributed by atoms with Gasteiger partial charge in [-0.25, -0.2) is 4.98 Å². The fourth-order valence-electron chi connectivity index (χ4n) is 3.03. The van der Waals surface area contributed by atoms with Crippen molar-refractivity contribution < 1.29 is 14.6 Å². The summed E-state index contributed by atoms with van der Waals surface area (Å²) in [5.41, 5.74) is 2.28. The number of aromatic nitrogens is 3. The third-order valence-corrected chi connectivity index (χ3v) is 5.36. The van der Waals surface area contributed by atoms with Crippen LogP contribution in [-0.4, -0.2) is 65.1 Å². The number of fused-ring (bicyclic) bond motifs is 1. The van der Waals surface area contributed by atoms with Crippen molar-refractivity contribution in [1.29, 1.82) is 0 Å². The molecule has 0 saturated carbocycles. The highest BCUT2D eigenvalue weighted by Gasteiger charge is 2.29. The third kappa shape index (κ3) is 3.88. The lowest BCUT2D eigenvalue weighted by Crippen LogP contribution is -2.35. The predicted octanol–water partition coefficient (Wildman–Crippen LogP) is 2.49. The Labute approximate surface area is 156 Å². The van der Waals surface area contributed by atoms with Crippen LogP contribution in [0, 0.1) is 6.92 Å². The Morgan fingerprint density at radius 3 is 2.58 bits per heavy atom. The van der Waals surface area contributed by atoms with Gasteiger partial charge in [0.15, 0.2) is 0 Å². The molecule has 0 saturated heterocycles. The minimum Gasteiger partial charge on any atom is -0.492 e. The van der Waals surface area contributed by atoms with E-state index in [0.717, 1.165) is 10.4 Å². The Hall–Kier alpha value is -2.00. The summed E-state index contributed by atoms with van der Waals surface area (Å²) in [5, 5.41) is 14.9. The van der Waals surface area contributed by atoms with Crippen molar-refractivity contribution in [1.82, 2.24) is 19.5 Å². The van der Waals surface area contributed by atoms with Gasteiger partial charge in [-0.3, -0.25) is 4.90 Å². The highest BCUT2D eigenvalue weighted by molar-refractivity contribution is 7.17. The van der Waals surface area contributed by atoms with E-state index in [1.54, 1.807) is 14.2 Å². The molecule has 3 rings (SSSR count). The first-order valence-corrected chi connectivity index (χ1v) is 9.27. The van der Waals surface area contributed by atoms with E-state index >= 15 is 0 Å². The van der Waals surface area contributed by atoms with E-state index in [1.807, 2.05) is 6.07 Å². The second-order valence-electron chi connectivity index (χ2n) is 6.08. The molecular weight excluding hydrogens is 352 g/mol. The highest BCUT2D eigenvalue weighted by Crippen LogP contribution is 2.39. The van der Waals surface area contributed by atoms with Gasteiger partial charge in [-0.15, -0.1) is 0 Å². The zero-order valence-corrected chi connectivity index (χ0v) is 16.1. The number of aromatic hydroxyl groups is 1. The summed E-state index contributed by atoms with van der Waals surface area (Å²) in [4.78, 5) is 7.97. The molecule has 8 heteroatoms. The molecular formula is C18H24N4O3S. The Kier molecular flexibility index (Phi) is 6.20. The second kappa shape index (κ2) is 8.59. The first-order valence-electron chi connectivity index (χ1n) is 8.45. The van der Waals surface area contributed by atoms with Crippen molar-refractivity contribution in [3.05, 3.63) is 46.6 Å². The number of nitrogens with zero attached hydrogens (tertiary/aromatic N) is 4. The lowest BCUT2D eigenvalue weighted by Gasteiger charge is -2.31. The molecule has 1 aromatic carbocycles. The predicted molar refractivity (Wildman–Crippen MR) is 101 cm³/mol. The molecule has 1 unspecified atom stereocenters. The molecule has 0 aliphatic carbocycles. The van der Waals surface area contributed by atoms with Crippen LogP contribution in [0.2, 0.25) is 0 Å². The Morgan fingerprint density at radius 1 is 1.23 bits per heavy atom. The summed E-state index contributed by atoms with van der Waals surface area (Å²) in [6.07, 6.45) is 1.45. The van der Waals surface area contributed by atoms with Crippen LogP contribution in [0.25, 0.3) is 4.96 Å². The van der Waals surface area contributed by atoms with Crippen LogP contribution in [0.1, 0.15) is 22.0 Å². The van der Waals surface area contributed by atoms with Crippen LogP contribution in [0.3, 0.4) is 0 Å². The van der Waals surface area contributed by atoms with Crippen molar-refractivity contribution >= 4 is 16.3 Å². The smallest absolute Gasteiger partial charge is 0.230 e. The van der Waals surface area contributed by atoms with Gasteiger partial charge in [-0.05, 0) is 12.5 Å². The maximum Gasteiger partial charge on any atom is 0.230 e. The van der Waals surface area contributed by atoms with E-state index < -0.39 is 0 Å². The minimum atomic E-state index is -0.131. The molecule has 0 bridgehead atoms. The van der Waals surface area contributed by atoms with Crippen LogP contribution in [0.5, 0.6) is 5.88 Å². The third-order valence-electron chi connectivity index (χ3n) is 4.28. The van der Waals surface area contributed by atoms with Gasteiger partial charge in [0.2, 0.25) is 10.8 Å². The Bertz CT molecular complexity index is 840. The molecule has 140 valence electrons. The van der Waals surface area contributed by atoms with Gasteiger partial charge in [-0.2, -0.15) is 9.61 Å². The Balaban J connectivity index is 2.07. The van der Waals surface area contributed by atoms with Gasteiger partial charge in [0.05, 0.1) is 24.1 Å². The van der Waals surface area contributed by atoms with Crippen LogP contribution in [-0.2, 0) is 9.47 Å². The minimum absolute atomic E-state index is 0.131. The number of ether oxygens (including phenoxy) is 2. The summed E-state index contributed by atoms with van der Waals surface area (Å²) in [6.45, 7) is 4.68. The molecule has 2 aromatic heterocycles. The maximum atomic E-state index is 10.8. The maximum absolute atomic E-state index is 10.8. The molecule has 0 aliphatic rings. The number of thiazole rings is 1. The summed E-state index contributed by atoms with van der Waals surface area (Å²) in [7, 11) is 3.38. The van der Waals surface area contributed by atoms with Crippen LogP contribution >= 0.6 is 11.3 Å². The van der Waals surface area contributed by atoms with Gasteiger partial charge in [0.25, 0.3) is 0 Å². The van der Waals surface area contributed by atoms with E-state index in [2.05, 4.69) is 40.1 Å². The number of aryl methyl sites for hydroxylation is 1. The first-order chi connectivity index (χ1) is 12.7. The van der Waals surface area contributed by atoms with Crippen LogP contribution in [0.4, 0.5) is 0 Å². The summed E-state index contributed by atoms with van der Waals surface area (Å²) in [5.74, 6) is 0.133. The fraction of sp³-hybridized carbons (Fsp3) is 0.444. The van der Waals surface area contributed by atoms with Crippen molar-refractivity contribution in [2.45, 2.75) is 13.0 Å². The average molecular weight is 376 g/mol. The highest BCUT2D eigenvalue weighted by atomic mass is 32.1. The SMILES string of the molecule is COCCN(CCOC)C(c1cccc(C)c1)c1sc2ncnn2c1O. The monoisotopic (exact) mass is 376 g/mol. The van der Waals surface area contributed by atoms with Gasteiger partial charge in [0.1, 0.15) is 6.33 Å². The number of rotatable bonds is 9. The van der Waals surface area contributed by atoms with Crippen molar-refractivity contribution in [2.75, 3.05) is 40.5 Å². The van der Waals surface area contributed by atoms with Crippen LogP contribution < -0.4 is 0 Å². The summed E-state index contributed by atoms with van der Waals surface area (Å²) < 4.78 is 12.1. The van der Waals surface area contributed by atoms with Gasteiger partial charge >= 0.3 is 0 Å². The lowest BCUT2D eigenvalue weighted by atomic mass is 10.0. The quantitative estimate of drug-likeness (QED) is 0.619. The second-order valence-corrected chi connectivity index (χ2v) is 7.09. The van der Waals surface area contributed by atoms with E-state index in [0.29, 0.717) is 31.3 Å². The van der Waals surface area contributed by atoms with E-state index in [9.17, 15) is 5.11 Å². The lowest BCUT2D eigenvalue weighted by molar-refractivity contribution is 0.0973. The molecule has 1 atom stereocenters. The molecule has 2 heterocycles. The van der Waals surface area contributed by atoms with Gasteiger partial charge in [-0.1, -0.05) is 41.2 Å². The normalized spacial score (nSPS) is 12.9. The topological polar surface area (TPSA) is 72.1 Å². The largest absolute Gasteiger partial charge is 0.492 e. The number of methoxy groups -OCH3 is 2. The average Bonchev–Trinajstić information content (AvgIpc) is 3.21. The molecule has 0 aliphatic heterocycles.